The Morgan fingerprint density at radius 1 is 0.463 bits per heavy atom. The van der Waals surface area contributed by atoms with Gasteiger partial charge in [0.25, 0.3) is 0 Å². The molecule has 0 saturated carbocycles. The Labute approximate surface area is 239 Å². The average Bonchev–Trinajstić information content (AvgIpc) is 3.04. The van der Waals surface area contributed by atoms with E-state index < -0.39 is 0 Å². The monoisotopic (exact) mass is 522 g/mol. The minimum atomic E-state index is 0.735. The maximum atomic E-state index is 9.85. The lowest BCUT2D eigenvalue weighted by Crippen LogP contribution is -2.10. The lowest BCUT2D eigenvalue weighted by Gasteiger charge is -2.27. The topological polar surface area (TPSA) is 27.0 Å². The molecule has 192 valence electrons. The van der Waals surface area contributed by atoms with Crippen LogP contribution in [-0.2, 0) is 0 Å². The summed E-state index contributed by atoms with van der Waals surface area (Å²) >= 11 is 0. The third-order valence-electron chi connectivity index (χ3n) is 7.64. The molecular weight excluding hydrogens is 496 g/mol. The fraction of sp³-hybridized carbons (Fsp3) is 0. The Bertz CT molecular complexity index is 2090. The first-order valence-electron chi connectivity index (χ1n) is 13.8. The molecule has 0 radical (unpaired) electrons. The van der Waals surface area contributed by atoms with Crippen LogP contribution in [-0.4, -0.2) is 0 Å². The van der Waals surface area contributed by atoms with Crippen molar-refractivity contribution >= 4 is 61.5 Å². The fourth-order valence-electron chi connectivity index (χ4n) is 5.65. The van der Waals surface area contributed by atoms with Crippen molar-refractivity contribution < 1.29 is 0 Å². The lowest BCUT2D eigenvalue weighted by atomic mass is 9.96. The van der Waals surface area contributed by atoms with Gasteiger partial charge in [0.2, 0.25) is 0 Å². The van der Waals surface area contributed by atoms with Crippen LogP contribution in [0.2, 0.25) is 0 Å². The van der Waals surface area contributed by atoms with Gasteiger partial charge in [0.1, 0.15) is 6.07 Å². The minimum Gasteiger partial charge on any atom is -0.310 e. The molecule has 0 aliphatic carbocycles. The highest BCUT2D eigenvalue weighted by Gasteiger charge is 2.14. The largest absolute Gasteiger partial charge is 0.310 e. The number of anilines is 3. The molecule has 0 unspecified atom stereocenters. The van der Waals surface area contributed by atoms with E-state index in [0.717, 1.165) is 55.3 Å². The molecule has 0 aromatic heterocycles. The number of nitriles is 1. The predicted molar refractivity (Wildman–Crippen MR) is 174 cm³/mol. The summed E-state index contributed by atoms with van der Waals surface area (Å²) in [4.78, 5) is 2.32. The second-order valence-corrected chi connectivity index (χ2v) is 10.2. The Hall–Kier alpha value is -5.65. The van der Waals surface area contributed by atoms with E-state index in [1.165, 1.54) is 10.8 Å². The summed E-state index contributed by atoms with van der Waals surface area (Å²) < 4.78 is 0. The van der Waals surface area contributed by atoms with Crippen LogP contribution < -0.4 is 4.90 Å². The van der Waals surface area contributed by atoms with Crippen LogP contribution in [0.25, 0.3) is 44.5 Å². The summed E-state index contributed by atoms with van der Waals surface area (Å²) in [6, 6.07) is 53.2. The van der Waals surface area contributed by atoms with Gasteiger partial charge in [-0.05, 0) is 69.8 Å². The summed E-state index contributed by atoms with van der Waals surface area (Å²) in [6.45, 7) is 0. The summed E-state index contributed by atoms with van der Waals surface area (Å²) in [5, 5.41) is 16.4. The molecular formula is C39H26N2. The van der Waals surface area contributed by atoms with Gasteiger partial charge >= 0.3 is 0 Å². The highest BCUT2D eigenvalue weighted by atomic mass is 15.1. The number of benzene rings is 7. The van der Waals surface area contributed by atoms with Crippen molar-refractivity contribution in [3.8, 4) is 6.07 Å². The van der Waals surface area contributed by atoms with Crippen molar-refractivity contribution in [3.05, 3.63) is 162 Å². The van der Waals surface area contributed by atoms with Crippen LogP contribution in [0.3, 0.4) is 0 Å². The van der Waals surface area contributed by atoms with Crippen molar-refractivity contribution in [2.24, 2.45) is 0 Å². The van der Waals surface area contributed by atoms with Gasteiger partial charge in [0.15, 0.2) is 0 Å². The van der Waals surface area contributed by atoms with E-state index in [4.69, 9.17) is 0 Å². The van der Waals surface area contributed by atoms with E-state index in [1.54, 1.807) is 0 Å². The third kappa shape index (κ3) is 4.61. The molecule has 2 nitrogen and oxygen atoms in total. The summed E-state index contributed by atoms with van der Waals surface area (Å²) in [5.41, 5.74) is 6.33. The van der Waals surface area contributed by atoms with Gasteiger partial charge in [0, 0.05) is 27.5 Å². The number of para-hydroxylation sites is 1. The van der Waals surface area contributed by atoms with Crippen LogP contribution >= 0.6 is 0 Å². The zero-order valence-electron chi connectivity index (χ0n) is 22.4. The van der Waals surface area contributed by atoms with Crippen LogP contribution in [0.15, 0.2) is 146 Å². The molecule has 0 bridgehead atoms. The van der Waals surface area contributed by atoms with E-state index in [1.807, 2.05) is 18.2 Å². The molecule has 7 aromatic carbocycles. The summed E-state index contributed by atoms with van der Waals surface area (Å²) in [5.74, 6) is 0. The van der Waals surface area contributed by atoms with Crippen LogP contribution in [0.1, 0.15) is 16.7 Å². The SMILES string of the molecule is N#Cc1c2ccccc2cc2cc(/C=C/c3ccc(N(c4ccccc4)c4cccc5ccccc45)cc3)ccc12. The molecule has 41 heavy (non-hydrogen) atoms. The number of fused-ring (bicyclic) bond motifs is 3. The van der Waals surface area contributed by atoms with Crippen molar-refractivity contribution in [2.75, 3.05) is 4.90 Å². The standard InChI is InChI=1S/C39H26N2/c40-27-38-35-14-6-5-10-31(35)26-32-25-29(21-24-36(32)38)18-17-28-19-22-34(23-20-28)41(33-12-2-1-3-13-33)39-16-8-11-30-9-4-7-15-37(30)39/h1-26H/b18-17+. The molecule has 0 aliphatic heterocycles. The lowest BCUT2D eigenvalue weighted by molar-refractivity contribution is 1.30. The predicted octanol–water partition coefficient (Wildman–Crippen LogP) is 10.7. The van der Waals surface area contributed by atoms with Gasteiger partial charge < -0.3 is 4.90 Å². The maximum absolute atomic E-state index is 9.85. The third-order valence-corrected chi connectivity index (χ3v) is 7.64. The molecule has 0 aliphatic rings. The first-order valence-corrected chi connectivity index (χ1v) is 13.8. The van der Waals surface area contributed by atoms with Crippen molar-refractivity contribution in [3.63, 3.8) is 0 Å². The molecule has 7 rings (SSSR count). The van der Waals surface area contributed by atoms with Crippen molar-refractivity contribution in [1.29, 1.82) is 5.26 Å². The zero-order valence-corrected chi connectivity index (χ0v) is 22.4. The Morgan fingerprint density at radius 3 is 1.88 bits per heavy atom. The van der Waals surface area contributed by atoms with Gasteiger partial charge in [-0.25, -0.2) is 0 Å². The van der Waals surface area contributed by atoms with E-state index in [9.17, 15) is 5.26 Å². The van der Waals surface area contributed by atoms with Gasteiger partial charge in [-0.1, -0.05) is 115 Å². The van der Waals surface area contributed by atoms with E-state index in [-0.39, 0.29) is 0 Å². The van der Waals surface area contributed by atoms with Crippen LogP contribution in [0.5, 0.6) is 0 Å². The highest BCUT2D eigenvalue weighted by Crippen LogP contribution is 2.38. The normalized spacial score (nSPS) is 11.3. The van der Waals surface area contributed by atoms with Gasteiger partial charge in [-0.3, -0.25) is 0 Å². The first kappa shape index (κ1) is 24.4. The molecule has 0 spiro atoms. The van der Waals surface area contributed by atoms with Gasteiger partial charge in [-0.2, -0.15) is 5.26 Å². The van der Waals surface area contributed by atoms with Crippen molar-refractivity contribution in [1.82, 2.24) is 0 Å². The Morgan fingerprint density at radius 2 is 1.07 bits per heavy atom. The molecule has 0 saturated heterocycles. The molecule has 0 fully saturated rings. The highest BCUT2D eigenvalue weighted by molar-refractivity contribution is 6.05. The molecule has 0 amide bonds. The smallest absolute Gasteiger partial charge is 0.100 e. The summed E-state index contributed by atoms with van der Waals surface area (Å²) in [7, 11) is 0. The average molecular weight is 523 g/mol. The fourth-order valence-corrected chi connectivity index (χ4v) is 5.65. The van der Waals surface area contributed by atoms with E-state index in [2.05, 4.69) is 151 Å². The van der Waals surface area contributed by atoms with Crippen LogP contribution in [0, 0.1) is 11.3 Å². The summed E-state index contributed by atoms with van der Waals surface area (Å²) in [6.07, 6.45) is 4.28. The molecule has 0 atom stereocenters. The maximum Gasteiger partial charge on any atom is 0.100 e. The van der Waals surface area contributed by atoms with Crippen LogP contribution in [0.4, 0.5) is 17.1 Å². The Balaban J connectivity index is 1.23. The number of hydrogen-bond acceptors (Lipinski definition) is 2. The molecule has 7 aromatic rings. The Kier molecular flexibility index (Phi) is 6.24. The second kappa shape index (κ2) is 10.5. The molecule has 2 heteroatoms. The minimum absolute atomic E-state index is 0.735. The first-order chi connectivity index (χ1) is 20.3. The van der Waals surface area contributed by atoms with Gasteiger partial charge in [-0.15, -0.1) is 0 Å². The van der Waals surface area contributed by atoms with Crippen molar-refractivity contribution in [2.45, 2.75) is 0 Å². The number of nitrogens with zero attached hydrogens (tertiary/aromatic N) is 2. The zero-order chi connectivity index (χ0) is 27.6. The van der Waals surface area contributed by atoms with Gasteiger partial charge in [0.05, 0.1) is 11.3 Å². The van der Waals surface area contributed by atoms with E-state index >= 15 is 0 Å². The quantitative estimate of drug-likeness (QED) is 0.166. The number of hydrogen-bond donors (Lipinski definition) is 0. The van der Waals surface area contributed by atoms with E-state index in [0.29, 0.717) is 0 Å². The molecule has 0 N–H and O–H groups in total. The second-order valence-electron chi connectivity index (χ2n) is 10.2. The number of rotatable bonds is 5. The molecule has 0 heterocycles.